The second-order valence-corrected chi connectivity index (χ2v) is 12.3. The quantitative estimate of drug-likeness (QED) is 0.172. The Hall–Kier alpha value is -3.41. The van der Waals surface area contributed by atoms with E-state index in [0.29, 0.717) is 5.02 Å². The van der Waals surface area contributed by atoms with Crippen molar-refractivity contribution in [3.63, 3.8) is 0 Å². The molecule has 3 aromatic carbocycles. The molecule has 4 aromatic rings. The maximum atomic E-state index is 12.2. The van der Waals surface area contributed by atoms with Crippen molar-refractivity contribution >= 4 is 58.2 Å². The Kier molecular flexibility index (Phi) is 8.72. The van der Waals surface area contributed by atoms with Crippen LogP contribution in [0.25, 0.3) is 23.1 Å². The molecule has 4 nitrogen and oxygen atoms in total. The lowest BCUT2D eigenvalue weighted by Gasteiger charge is -2.21. The third-order valence-electron chi connectivity index (χ3n) is 7.55. The number of pyridine rings is 1. The van der Waals surface area contributed by atoms with Crippen molar-refractivity contribution in [1.29, 1.82) is 0 Å². The molecule has 1 saturated carbocycles. The van der Waals surface area contributed by atoms with Gasteiger partial charge in [0.2, 0.25) is 0 Å². The number of aliphatic carboxylic acids is 1. The number of rotatable bonds is 12. The average molecular weight is 570 g/mol. The Morgan fingerprint density at radius 1 is 1.02 bits per heavy atom. The van der Waals surface area contributed by atoms with Crippen LogP contribution < -0.4 is 0 Å². The number of thioether (sulfide) groups is 1. The molecule has 0 radical (unpaired) electrons. The topological polar surface area (TPSA) is 67.3 Å². The number of carboxylic acids is 1. The first-order valence-corrected chi connectivity index (χ1v) is 15.0. The number of halogens is 1. The fourth-order valence-corrected chi connectivity index (χ4v) is 6.84. The van der Waals surface area contributed by atoms with Crippen LogP contribution in [0.1, 0.15) is 70.6 Å². The van der Waals surface area contributed by atoms with Crippen LogP contribution in [-0.4, -0.2) is 27.6 Å². The van der Waals surface area contributed by atoms with Crippen LogP contribution in [0.4, 0.5) is 0 Å². The van der Waals surface area contributed by atoms with Crippen LogP contribution in [0, 0.1) is 5.41 Å². The maximum Gasteiger partial charge on any atom is 0.303 e. The zero-order valence-corrected chi connectivity index (χ0v) is 24.0. The molecule has 0 saturated heterocycles. The van der Waals surface area contributed by atoms with Gasteiger partial charge in [-0.25, -0.2) is 4.98 Å². The molecule has 40 heavy (non-hydrogen) atoms. The van der Waals surface area contributed by atoms with Crippen LogP contribution in [0.15, 0.2) is 78.9 Å². The third kappa shape index (κ3) is 7.21. The number of carbonyl (C=O) groups is 2. The number of fused-ring (bicyclic) bond motifs is 1. The highest BCUT2D eigenvalue weighted by Crippen LogP contribution is 2.53. The largest absolute Gasteiger partial charge is 0.481 e. The van der Waals surface area contributed by atoms with Crippen LogP contribution >= 0.6 is 23.4 Å². The summed E-state index contributed by atoms with van der Waals surface area (Å²) in [7, 11) is 0. The zero-order valence-electron chi connectivity index (χ0n) is 22.5. The van der Waals surface area contributed by atoms with E-state index in [1.807, 2.05) is 72.4 Å². The number of hydrogen-bond donors (Lipinski definition) is 1. The summed E-state index contributed by atoms with van der Waals surface area (Å²) in [5.41, 5.74) is 5.75. The first kappa shape index (κ1) is 28.1. The predicted octanol–water partition coefficient (Wildman–Crippen LogP) is 8.92. The molecule has 1 fully saturated rings. The minimum Gasteiger partial charge on any atom is -0.481 e. The molecule has 0 aliphatic heterocycles. The van der Waals surface area contributed by atoms with Crippen LogP contribution in [0.2, 0.25) is 5.02 Å². The molecule has 1 atom stereocenters. The third-order valence-corrected chi connectivity index (χ3v) is 9.48. The van der Waals surface area contributed by atoms with Crippen molar-refractivity contribution in [2.24, 2.45) is 5.41 Å². The summed E-state index contributed by atoms with van der Waals surface area (Å²) in [4.78, 5) is 28.4. The molecule has 0 spiro atoms. The number of Topliss-reactive ketones (excluding diaryl/α,β-unsaturated/α-hetero) is 1. The van der Waals surface area contributed by atoms with Gasteiger partial charge in [-0.05, 0) is 79.0 Å². The molecule has 1 aliphatic carbocycles. The lowest BCUT2D eigenvalue weighted by atomic mass is 9.97. The van der Waals surface area contributed by atoms with E-state index >= 15 is 0 Å². The summed E-state index contributed by atoms with van der Waals surface area (Å²) >= 11 is 8.00. The van der Waals surface area contributed by atoms with E-state index in [4.69, 9.17) is 16.6 Å². The number of aryl methyl sites for hydroxylation is 1. The number of hydrogen-bond acceptors (Lipinski definition) is 4. The number of benzene rings is 3. The van der Waals surface area contributed by atoms with Crippen molar-refractivity contribution < 1.29 is 14.7 Å². The van der Waals surface area contributed by atoms with Gasteiger partial charge >= 0.3 is 5.97 Å². The Morgan fingerprint density at radius 2 is 1.82 bits per heavy atom. The minimum absolute atomic E-state index is 0.0786. The SMILES string of the molecule is CC(=O)c1ccccc1CC[C@@H](SCC1(CC(=O)O)CC1)c1cccc(C=Cc2ccc3ccc(Cl)cc3n2)c1. The Balaban J connectivity index is 1.36. The molecule has 1 aromatic heterocycles. The number of nitrogens with zero attached hydrogens (tertiary/aromatic N) is 1. The number of ketones is 1. The lowest BCUT2D eigenvalue weighted by molar-refractivity contribution is -0.138. The summed E-state index contributed by atoms with van der Waals surface area (Å²) in [6.07, 6.45) is 7.89. The predicted molar refractivity (Wildman–Crippen MR) is 166 cm³/mol. The Bertz CT molecular complexity index is 1580. The van der Waals surface area contributed by atoms with E-state index in [2.05, 4.69) is 30.3 Å². The van der Waals surface area contributed by atoms with Gasteiger partial charge in [0.1, 0.15) is 0 Å². The summed E-state index contributed by atoms with van der Waals surface area (Å²) < 4.78 is 0. The van der Waals surface area contributed by atoms with Gasteiger partial charge in [0.25, 0.3) is 0 Å². The smallest absolute Gasteiger partial charge is 0.303 e. The first-order valence-electron chi connectivity index (χ1n) is 13.6. The van der Waals surface area contributed by atoms with E-state index in [-0.39, 0.29) is 22.9 Å². The molecule has 5 rings (SSSR count). The first-order chi connectivity index (χ1) is 19.3. The van der Waals surface area contributed by atoms with Crippen molar-refractivity contribution in [3.05, 3.63) is 112 Å². The number of aromatic nitrogens is 1. The number of carboxylic acid groups (broad SMARTS) is 1. The summed E-state index contributed by atoms with van der Waals surface area (Å²) in [6.45, 7) is 1.61. The molecular weight excluding hydrogens is 538 g/mol. The fourth-order valence-electron chi connectivity index (χ4n) is 5.11. The van der Waals surface area contributed by atoms with Gasteiger partial charge < -0.3 is 5.11 Å². The molecule has 204 valence electrons. The average Bonchev–Trinajstić information content (AvgIpc) is 3.70. The van der Waals surface area contributed by atoms with E-state index in [9.17, 15) is 14.7 Å². The fraction of sp³-hybridized carbons (Fsp3) is 0.265. The van der Waals surface area contributed by atoms with E-state index in [1.54, 1.807) is 6.92 Å². The van der Waals surface area contributed by atoms with Gasteiger partial charge in [-0.3, -0.25) is 9.59 Å². The lowest BCUT2D eigenvalue weighted by Crippen LogP contribution is -2.12. The van der Waals surface area contributed by atoms with Crippen LogP contribution in [-0.2, 0) is 11.2 Å². The highest BCUT2D eigenvalue weighted by atomic mass is 35.5. The van der Waals surface area contributed by atoms with Gasteiger partial charge in [0.15, 0.2) is 5.78 Å². The summed E-state index contributed by atoms with van der Waals surface area (Å²) in [6, 6.07) is 26.1. The molecule has 0 bridgehead atoms. The second-order valence-electron chi connectivity index (χ2n) is 10.7. The molecule has 1 aliphatic rings. The molecule has 1 heterocycles. The Morgan fingerprint density at radius 3 is 2.60 bits per heavy atom. The van der Waals surface area contributed by atoms with Crippen LogP contribution in [0.5, 0.6) is 0 Å². The highest BCUT2D eigenvalue weighted by molar-refractivity contribution is 7.99. The van der Waals surface area contributed by atoms with Crippen molar-refractivity contribution in [2.75, 3.05) is 5.75 Å². The normalized spacial score (nSPS) is 14.8. The Labute approximate surface area is 244 Å². The molecular formula is C34H32ClNO3S. The standard InChI is InChI=1S/C34H32ClNO3S/c1-23(37)30-8-3-2-6-25(30)12-16-32(40-22-34(17-18-34)21-33(38)39)27-7-4-5-24(19-27)9-14-29-15-11-26-10-13-28(35)20-31(26)36-29/h2-11,13-15,19-20,32H,12,16-18,21-22H2,1H3,(H,38,39)/t32-/m1/s1. The monoisotopic (exact) mass is 569 g/mol. The van der Waals surface area contributed by atoms with Gasteiger partial charge in [0.05, 0.1) is 17.6 Å². The molecule has 6 heteroatoms. The van der Waals surface area contributed by atoms with E-state index in [0.717, 1.165) is 64.7 Å². The maximum absolute atomic E-state index is 12.2. The molecule has 0 unspecified atom stereocenters. The van der Waals surface area contributed by atoms with Gasteiger partial charge in [-0.15, -0.1) is 0 Å². The van der Waals surface area contributed by atoms with Crippen molar-refractivity contribution in [1.82, 2.24) is 4.98 Å². The van der Waals surface area contributed by atoms with E-state index in [1.165, 1.54) is 5.56 Å². The van der Waals surface area contributed by atoms with Crippen molar-refractivity contribution in [3.8, 4) is 0 Å². The molecule has 1 N–H and O–H groups in total. The zero-order chi connectivity index (χ0) is 28.1. The summed E-state index contributed by atoms with van der Waals surface area (Å²) in [5.74, 6) is 0.179. The summed E-state index contributed by atoms with van der Waals surface area (Å²) in [5, 5.41) is 11.3. The van der Waals surface area contributed by atoms with Crippen molar-refractivity contribution in [2.45, 2.75) is 44.3 Å². The second kappa shape index (κ2) is 12.4. The minimum atomic E-state index is -0.721. The van der Waals surface area contributed by atoms with Gasteiger partial charge in [0, 0.05) is 27.0 Å². The van der Waals surface area contributed by atoms with Gasteiger partial charge in [-0.2, -0.15) is 11.8 Å². The number of carbonyl (C=O) groups excluding carboxylic acids is 1. The van der Waals surface area contributed by atoms with Gasteiger partial charge in [-0.1, -0.05) is 78.3 Å². The van der Waals surface area contributed by atoms with Crippen LogP contribution in [0.3, 0.4) is 0 Å². The van der Waals surface area contributed by atoms with E-state index < -0.39 is 5.97 Å². The highest BCUT2D eigenvalue weighted by Gasteiger charge is 2.44. The molecule has 0 amide bonds.